The van der Waals surface area contributed by atoms with Gasteiger partial charge in [-0.1, -0.05) is 0 Å². The van der Waals surface area contributed by atoms with Gasteiger partial charge in [-0.15, -0.1) is 0 Å². The van der Waals surface area contributed by atoms with Crippen LogP contribution in [0.2, 0.25) is 0 Å². The second-order valence-electron chi connectivity index (χ2n) is 4.60. The van der Waals surface area contributed by atoms with Gasteiger partial charge >= 0.3 is 135 Å². The Kier molecular flexibility index (Phi) is 4.05. The van der Waals surface area contributed by atoms with E-state index in [1.807, 2.05) is 0 Å². The second kappa shape index (κ2) is 6.15. The van der Waals surface area contributed by atoms with Crippen molar-refractivity contribution >= 4 is 42.5 Å². The normalized spacial score (nSPS) is 10.8. The van der Waals surface area contributed by atoms with Gasteiger partial charge in [-0.2, -0.15) is 0 Å². The zero-order valence-corrected chi connectivity index (χ0v) is 13.4. The summed E-state index contributed by atoms with van der Waals surface area (Å²) in [6.07, 6.45) is 1.57. The summed E-state index contributed by atoms with van der Waals surface area (Å²) >= 11 is 0.0490. The molecule has 3 aromatic rings. The van der Waals surface area contributed by atoms with Crippen LogP contribution >= 0.6 is 0 Å². The molecule has 0 bridgehead atoms. The van der Waals surface area contributed by atoms with Crippen molar-refractivity contribution in [3.63, 3.8) is 0 Å². The van der Waals surface area contributed by atoms with Gasteiger partial charge in [0, 0.05) is 0 Å². The molecule has 1 aromatic carbocycles. The number of carboxylic acid groups (broad SMARTS) is 1. The Labute approximate surface area is 136 Å². The summed E-state index contributed by atoms with van der Waals surface area (Å²) in [7, 11) is 0. The fourth-order valence-electron chi connectivity index (χ4n) is 1.89. The summed E-state index contributed by atoms with van der Waals surface area (Å²) in [5.74, 6) is -0.942. The quantitative estimate of drug-likeness (QED) is 0.524. The molecule has 0 spiro atoms. The molecule has 23 heavy (non-hydrogen) atoms. The number of rotatable bonds is 4. The maximum absolute atomic E-state index is 11.8. The SMILES string of the molecule is Nc1nc2ncc(C[Se]c3ccc(C(=O)O)cc3)nc2c(=O)[nH]1. The molecule has 116 valence electrons. The second-order valence-corrected chi connectivity index (χ2v) is 6.80. The number of nitrogens with one attached hydrogen (secondary N) is 1. The fourth-order valence-corrected chi connectivity index (χ4v) is 3.53. The number of nitrogens with two attached hydrogens (primary N) is 1. The average molecular weight is 376 g/mol. The molecule has 0 saturated heterocycles. The van der Waals surface area contributed by atoms with Crippen molar-refractivity contribution in [2.75, 3.05) is 5.73 Å². The summed E-state index contributed by atoms with van der Waals surface area (Å²) < 4.78 is 1.04. The summed E-state index contributed by atoms with van der Waals surface area (Å²) in [5, 5.41) is 9.50. The van der Waals surface area contributed by atoms with E-state index in [1.54, 1.807) is 30.5 Å². The molecule has 0 saturated carbocycles. The van der Waals surface area contributed by atoms with Gasteiger partial charge < -0.3 is 0 Å². The number of hydrogen-bond donors (Lipinski definition) is 3. The molecule has 2 aromatic heterocycles. The van der Waals surface area contributed by atoms with Crippen molar-refractivity contribution in [2.45, 2.75) is 5.32 Å². The van der Waals surface area contributed by atoms with Crippen molar-refractivity contribution in [1.82, 2.24) is 19.9 Å². The third-order valence-electron chi connectivity index (χ3n) is 2.97. The number of benzene rings is 1. The molecule has 0 radical (unpaired) electrons. The molecular formula is C14H11N5O3Se. The number of anilines is 1. The van der Waals surface area contributed by atoms with Crippen LogP contribution in [0.1, 0.15) is 16.1 Å². The molecule has 0 aliphatic heterocycles. The monoisotopic (exact) mass is 377 g/mol. The Bertz CT molecular complexity index is 939. The number of hydrogen-bond acceptors (Lipinski definition) is 6. The van der Waals surface area contributed by atoms with Crippen molar-refractivity contribution in [1.29, 1.82) is 0 Å². The number of H-pyrrole nitrogens is 1. The predicted molar refractivity (Wildman–Crippen MR) is 84.9 cm³/mol. The number of nitrogens with zero attached hydrogens (tertiary/aromatic N) is 3. The molecular weight excluding hydrogens is 365 g/mol. The Hall–Kier alpha value is -2.77. The van der Waals surface area contributed by atoms with E-state index in [0.717, 1.165) is 4.46 Å². The number of nitrogen functional groups attached to an aromatic ring is 1. The van der Waals surface area contributed by atoms with Gasteiger partial charge in [0.2, 0.25) is 0 Å². The van der Waals surface area contributed by atoms with Gasteiger partial charge in [-0.3, -0.25) is 0 Å². The van der Waals surface area contributed by atoms with Crippen LogP contribution in [0, 0.1) is 0 Å². The molecule has 8 nitrogen and oxygen atoms in total. The first kappa shape index (κ1) is 15.1. The van der Waals surface area contributed by atoms with Gasteiger partial charge in [0.1, 0.15) is 0 Å². The fraction of sp³-hybridized carbons (Fsp3) is 0.0714. The predicted octanol–water partition coefficient (Wildman–Crippen LogP) is -0.477. The molecule has 0 aliphatic rings. The first-order valence-electron chi connectivity index (χ1n) is 6.50. The van der Waals surface area contributed by atoms with Crippen LogP contribution in [0.5, 0.6) is 0 Å². The number of aromatic amines is 1. The topological polar surface area (TPSA) is 135 Å². The molecule has 0 unspecified atom stereocenters. The Morgan fingerprint density at radius 1 is 1.26 bits per heavy atom. The first-order chi connectivity index (χ1) is 11.0. The van der Waals surface area contributed by atoms with E-state index in [4.69, 9.17) is 10.8 Å². The van der Waals surface area contributed by atoms with E-state index in [2.05, 4.69) is 19.9 Å². The van der Waals surface area contributed by atoms with Gasteiger partial charge in [0.25, 0.3) is 0 Å². The van der Waals surface area contributed by atoms with Gasteiger partial charge in [-0.05, 0) is 0 Å². The van der Waals surface area contributed by atoms with E-state index in [1.165, 1.54) is 0 Å². The standard InChI is InChI=1S/C14H11N5O3Se/c15-14-18-11-10(12(20)19-14)17-8(5-16-11)6-23-9-3-1-7(2-4-9)13(21)22/h1-5H,6H2,(H,21,22)(H3,15,16,18,19,20). The van der Waals surface area contributed by atoms with E-state index in [-0.39, 0.29) is 37.6 Å². The molecule has 0 fully saturated rings. The molecule has 2 heterocycles. The Morgan fingerprint density at radius 3 is 2.70 bits per heavy atom. The van der Waals surface area contributed by atoms with Crippen LogP contribution in [-0.4, -0.2) is 46.0 Å². The maximum atomic E-state index is 11.8. The molecule has 4 N–H and O–H groups in total. The van der Waals surface area contributed by atoms with Crippen molar-refractivity contribution in [2.24, 2.45) is 0 Å². The third-order valence-corrected chi connectivity index (χ3v) is 5.17. The van der Waals surface area contributed by atoms with E-state index < -0.39 is 11.5 Å². The van der Waals surface area contributed by atoms with Crippen LogP contribution in [0.3, 0.4) is 0 Å². The van der Waals surface area contributed by atoms with E-state index in [9.17, 15) is 9.59 Å². The Morgan fingerprint density at radius 2 is 2.00 bits per heavy atom. The molecule has 9 heteroatoms. The zero-order valence-electron chi connectivity index (χ0n) is 11.7. The van der Waals surface area contributed by atoms with Crippen molar-refractivity contribution in [3.8, 4) is 0 Å². The number of fused-ring (bicyclic) bond motifs is 1. The summed E-state index contributed by atoms with van der Waals surface area (Å²) in [4.78, 5) is 37.3. The van der Waals surface area contributed by atoms with E-state index in [0.29, 0.717) is 11.0 Å². The van der Waals surface area contributed by atoms with Crippen LogP contribution < -0.4 is 15.8 Å². The van der Waals surface area contributed by atoms with E-state index >= 15 is 0 Å². The van der Waals surface area contributed by atoms with Crippen LogP contribution in [0.25, 0.3) is 11.2 Å². The number of aromatic nitrogens is 4. The summed E-state index contributed by atoms with van der Waals surface area (Å²) in [5.41, 5.74) is 6.35. The minimum absolute atomic E-state index is 0.00675. The zero-order chi connectivity index (χ0) is 16.4. The number of carbonyl (C=O) groups is 1. The van der Waals surface area contributed by atoms with Gasteiger partial charge in [0.05, 0.1) is 0 Å². The van der Waals surface area contributed by atoms with Gasteiger partial charge in [-0.25, -0.2) is 0 Å². The minimum atomic E-state index is -0.949. The number of aromatic carboxylic acids is 1. The average Bonchev–Trinajstić information content (AvgIpc) is 2.53. The summed E-state index contributed by atoms with van der Waals surface area (Å²) in [6, 6.07) is 6.71. The molecule has 0 amide bonds. The summed E-state index contributed by atoms with van der Waals surface area (Å²) in [6.45, 7) is 0. The molecule has 0 aliphatic carbocycles. The molecule has 3 rings (SSSR count). The third kappa shape index (κ3) is 3.36. The van der Waals surface area contributed by atoms with Gasteiger partial charge in [0.15, 0.2) is 0 Å². The van der Waals surface area contributed by atoms with Crippen LogP contribution in [0.4, 0.5) is 5.95 Å². The first-order valence-corrected chi connectivity index (χ1v) is 8.57. The van der Waals surface area contributed by atoms with Crippen LogP contribution in [0.15, 0.2) is 35.3 Å². The molecule has 0 atom stereocenters. The van der Waals surface area contributed by atoms with Crippen molar-refractivity contribution < 1.29 is 9.90 Å². The van der Waals surface area contributed by atoms with Crippen molar-refractivity contribution in [3.05, 3.63) is 52.1 Å². The van der Waals surface area contributed by atoms with Crippen LogP contribution in [-0.2, 0) is 5.32 Å². The Balaban J connectivity index is 1.79. The number of carboxylic acids is 1.